The largest absolute Gasteiger partial charge is 0.573 e. The lowest BCUT2D eigenvalue weighted by atomic mass is 10.0. The predicted octanol–water partition coefficient (Wildman–Crippen LogP) is 6.26. The number of hydrogen-bond acceptors (Lipinski definition) is 2. The number of aryl methyl sites for hydroxylation is 1. The van der Waals surface area contributed by atoms with Crippen molar-refractivity contribution in [2.45, 2.75) is 19.8 Å². The Hall–Kier alpha value is -3.74. The first-order chi connectivity index (χ1) is 14.7. The maximum absolute atomic E-state index is 12.3. The second-order valence-corrected chi connectivity index (χ2v) is 7.25. The molecule has 0 saturated heterocycles. The Kier molecular flexibility index (Phi) is 5.19. The second kappa shape index (κ2) is 7.83. The van der Waals surface area contributed by atoms with Crippen LogP contribution in [0.5, 0.6) is 5.75 Å². The van der Waals surface area contributed by atoms with E-state index in [0.717, 1.165) is 27.6 Å². The highest BCUT2D eigenvalue weighted by atomic mass is 19.4. The van der Waals surface area contributed by atoms with Gasteiger partial charge in [0.05, 0.1) is 0 Å². The van der Waals surface area contributed by atoms with Crippen molar-refractivity contribution >= 4 is 16.9 Å². The zero-order valence-electron chi connectivity index (χ0n) is 16.5. The van der Waals surface area contributed by atoms with E-state index in [0.29, 0.717) is 12.1 Å². The first-order valence-corrected chi connectivity index (χ1v) is 9.48. The summed E-state index contributed by atoms with van der Waals surface area (Å²) in [7, 11) is 0. The van der Waals surface area contributed by atoms with Crippen LogP contribution in [0.2, 0.25) is 0 Å². The SMILES string of the molecule is Cc1ccc(Cn2c(C(=O)O)cc3cc(-c4ccc(OC(F)(F)F)cc4)ccc32)cc1. The first kappa shape index (κ1) is 20.5. The third-order valence-corrected chi connectivity index (χ3v) is 5.00. The minimum absolute atomic E-state index is 0.168. The lowest BCUT2D eigenvalue weighted by Crippen LogP contribution is -2.16. The second-order valence-electron chi connectivity index (χ2n) is 7.25. The molecule has 0 saturated carbocycles. The van der Waals surface area contributed by atoms with Crippen molar-refractivity contribution < 1.29 is 27.8 Å². The molecule has 0 atom stereocenters. The van der Waals surface area contributed by atoms with Crippen molar-refractivity contribution in [1.29, 1.82) is 0 Å². The molecule has 4 aromatic rings. The summed E-state index contributed by atoms with van der Waals surface area (Å²) < 4.78 is 42.7. The molecular weight excluding hydrogens is 407 g/mol. The summed E-state index contributed by atoms with van der Waals surface area (Å²) in [6.07, 6.45) is -4.74. The van der Waals surface area contributed by atoms with Crippen LogP contribution in [0.3, 0.4) is 0 Å². The molecule has 0 aliphatic rings. The average Bonchev–Trinajstić information content (AvgIpc) is 3.07. The summed E-state index contributed by atoms with van der Waals surface area (Å²) >= 11 is 0. The number of rotatable bonds is 5. The smallest absolute Gasteiger partial charge is 0.477 e. The van der Waals surface area contributed by atoms with E-state index in [9.17, 15) is 23.1 Å². The molecule has 1 heterocycles. The van der Waals surface area contributed by atoms with Gasteiger partial charge in [-0.15, -0.1) is 13.2 Å². The molecule has 0 fully saturated rings. The van der Waals surface area contributed by atoms with Gasteiger partial charge < -0.3 is 14.4 Å². The van der Waals surface area contributed by atoms with Crippen LogP contribution in [0.15, 0.2) is 72.8 Å². The molecule has 4 rings (SSSR count). The molecule has 0 radical (unpaired) electrons. The van der Waals surface area contributed by atoms with E-state index in [1.165, 1.54) is 24.3 Å². The molecule has 0 aliphatic heterocycles. The molecule has 0 spiro atoms. The summed E-state index contributed by atoms with van der Waals surface area (Å²) in [5.41, 5.74) is 4.49. The minimum Gasteiger partial charge on any atom is -0.477 e. The van der Waals surface area contributed by atoms with Crippen molar-refractivity contribution in [2.75, 3.05) is 0 Å². The lowest BCUT2D eigenvalue weighted by Gasteiger charge is -2.10. The quantitative estimate of drug-likeness (QED) is 0.411. The number of carbonyl (C=O) groups is 1. The van der Waals surface area contributed by atoms with Gasteiger partial charge in [-0.2, -0.15) is 0 Å². The molecule has 31 heavy (non-hydrogen) atoms. The van der Waals surface area contributed by atoms with Crippen LogP contribution < -0.4 is 4.74 Å². The molecule has 4 nitrogen and oxygen atoms in total. The number of carboxylic acids is 1. The first-order valence-electron chi connectivity index (χ1n) is 9.48. The zero-order chi connectivity index (χ0) is 22.2. The number of nitrogens with zero attached hydrogens (tertiary/aromatic N) is 1. The summed E-state index contributed by atoms with van der Waals surface area (Å²) in [6.45, 7) is 2.40. The Labute approximate surface area is 176 Å². The number of fused-ring (bicyclic) bond motifs is 1. The number of halogens is 3. The van der Waals surface area contributed by atoms with Crippen molar-refractivity contribution in [2.24, 2.45) is 0 Å². The van der Waals surface area contributed by atoms with Gasteiger partial charge in [0, 0.05) is 17.4 Å². The molecular formula is C24H18F3NO3. The summed E-state index contributed by atoms with van der Waals surface area (Å²) in [5.74, 6) is -1.33. The van der Waals surface area contributed by atoms with Crippen LogP contribution >= 0.6 is 0 Å². The average molecular weight is 425 g/mol. The van der Waals surface area contributed by atoms with E-state index in [-0.39, 0.29) is 11.4 Å². The predicted molar refractivity (Wildman–Crippen MR) is 111 cm³/mol. The molecule has 0 aliphatic carbocycles. The summed E-state index contributed by atoms with van der Waals surface area (Å²) in [5, 5.41) is 10.4. The van der Waals surface area contributed by atoms with Crippen LogP contribution in [0, 0.1) is 6.92 Å². The Balaban J connectivity index is 1.69. The van der Waals surface area contributed by atoms with E-state index in [4.69, 9.17) is 0 Å². The Morgan fingerprint density at radius 2 is 1.58 bits per heavy atom. The monoisotopic (exact) mass is 425 g/mol. The fraction of sp³-hybridized carbons (Fsp3) is 0.125. The normalized spacial score (nSPS) is 11.6. The van der Waals surface area contributed by atoms with Gasteiger partial charge in [0.15, 0.2) is 0 Å². The van der Waals surface area contributed by atoms with Gasteiger partial charge in [-0.1, -0.05) is 48.0 Å². The number of ether oxygens (including phenoxy) is 1. The third-order valence-electron chi connectivity index (χ3n) is 5.00. The van der Waals surface area contributed by atoms with Gasteiger partial charge in [-0.25, -0.2) is 4.79 Å². The molecule has 7 heteroatoms. The number of hydrogen-bond donors (Lipinski definition) is 1. The zero-order valence-corrected chi connectivity index (χ0v) is 16.5. The number of aromatic nitrogens is 1. The van der Waals surface area contributed by atoms with Gasteiger partial charge >= 0.3 is 12.3 Å². The minimum atomic E-state index is -4.74. The van der Waals surface area contributed by atoms with E-state index in [1.807, 2.05) is 49.4 Å². The van der Waals surface area contributed by atoms with Gasteiger partial charge in [-0.3, -0.25) is 0 Å². The highest BCUT2D eigenvalue weighted by Crippen LogP contribution is 2.30. The highest BCUT2D eigenvalue weighted by Gasteiger charge is 2.31. The molecule has 3 aromatic carbocycles. The third kappa shape index (κ3) is 4.55. The van der Waals surface area contributed by atoms with Crippen LogP contribution in [0.1, 0.15) is 21.6 Å². The number of benzene rings is 3. The Morgan fingerprint density at radius 3 is 2.19 bits per heavy atom. The van der Waals surface area contributed by atoms with Crippen LogP contribution in [-0.4, -0.2) is 22.0 Å². The van der Waals surface area contributed by atoms with Crippen molar-refractivity contribution in [1.82, 2.24) is 4.57 Å². The Bertz CT molecular complexity index is 1240. The maximum Gasteiger partial charge on any atom is 0.573 e. The van der Waals surface area contributed by atoms with E-state index in [2.05, 4.69) is 4.74 Å². The number of alkyl halides is 3. The number of carboxylic acid groups (broad SMARTS) is 1. The highest BCUT2D eigenvalue weighted by molar-refractivity contribution is 5.96. The molecule has 0 amide bonds. The molecule has 1 aromatic heterocycles. The Morgan fingerprint density at radius 1 is 0.935 bits per heavy atom. The molecule has 0 bridgehead atoms. The van der Waals surface area contributed by atoms with Gasteiger partial charge in [0.1, 0.15) is 11.4 Å². The topological polar surface area (TPSA) is 51.5 Å². The van der Waals surface area contributed by atoms with Gasteiger partial charge in [-0.05, 0) is 53.9 Å². The van der Waals surface area contributed by atoms with Crippen LogP contribution in [-0.2, 0) is 6.54 Å². The van der Waals surface area contributed by atoms with Crippen molar-refractivity contribution in [3.63, 3.8) is 0 Å². The summed E-state index contributed by atoms with van der Waals surface area (Å²) in [4.78, 5) is 11.8. The van der Waals surface area contributed by atoms with E-state index < -0.39 is 12.3 Å². The standard InChI is InChI=1S/C24H18F3NO3/c1-15-2-4-16(5-3-15)14-28-21-11-8-18(12-19(21)13-22(28)23(29)30)17-6-9-20(10-7-17)31-24(25,26)27/h2-13H,14H2,1H3,(H,29,30). The lowest BCUT2D eigenvalue weighted by molar-refractivity contribution is -0.274. The van der Waals surface area contributed by atoms with E-state index in [1.54, 1.807) is 10.6 Å². The van der Waals surface area contributed by atoms with Crippen LogP contribution in [0.4, 0.5) is 13.2 Å². The van der Waals surface area contributed by atoms with Crippen molar-refractivity contribution in [3.05, 3.63) is 89.6 Å². The fourth-order valence-electron chi connectivity index (χ4n) is 3.52. The van der Waals surface area contributed by atoms with Gasteiger partial charge in [0.2, 0.25) is 0 Å². The molecule has 158 valence electrons. The number of aromatic carboxylic acids is 1. The maximum atomic E-state index is 12.3. The molecule has 1 N–H and O–H groups in total. The van der Waals surface area contributed by atoms with Gasteiger partial charge in [0.25, 0.3) is 0 Å². The summed E-state index contributed by atoms with van der Waals surface area (Å²) in [6, 6.07) is 20.5. The van der Waals surface area contributed by atoms with Crippen molar-refractivity contribution in [3.8, 4) is 16.9 Å². The van der Waals surface area contributed by atoms with Crippen LogP contribution in [0.25, 0.3) is 22.0 Å². The fourth-order valence-corrected chi connectivity index (χ4v) is 3.52. The molecule has 0 unspecified atom stereocenters. The van der Waals surface area contributed by atoms with E-state index >= 15 is 0 Å².